The molecule has 1 aliphatic heterocycles. The zero-order valence-electron chi connectivity index (χ0n) is 36.8. The first kappa shape index (κ1) is 39.3. The molecule has 2 unspecified atom stereocenters. The Morgan fingerprint density at radius 2 is 0.882 bits per heavy atom. The molecule has 13 rings (SSSR count). The van der Waals surface area contributed by atoms with Gasteiger partial charge in [0.05, 0.1) is 34.2 Å². The molecule has 0 bridgehead atoms. The third-order valence-electron chi connectivity index (χ3n) is 13.2. The summed E-state index contributed by atoms with van der Waals surface area (Å²) in [6, 6.07) is 73.9. The molecule has 320 valence electrons. The summed E-state index contributed by atoms with van der Waals surface area (Å²) in [6.45, 7) is 0. The maximum atomic E-state index is 5.33. The van der Waals surface area contributed by atoms with Gasteiger partial charge in [-0.05, 0) is 47.0 Å². The van der Waals surface area contributed by atoms with Crippen LogP contribution in [0.1, 0.15) is 11.5 Å². The van der Waals surface area contributed by atoms with Crippen molar-refractivity contribution < 1.29 is 0 Å². The van der Waals surface area contributed by atoms with Gasteiger partial charge in [-0.3, -0.25) is 4.57 Å². The highest BCUT2D eigenvalue weighted by Crippen LogP contribution is 2.52. The summed E-state index contributed by atoms with van der Waals surface area (Å²) in [7, 11) is 0. The molecule has 8 aromatic carbocycles. The standard InChI is InChI=1S/C61H41N7/c1-5-19-40(20-6-1)41-33-35-45(36-34-41)60-64-59(44-25-11-4-12-26-44)65-61(66-60)68-54-31-17-14-28-47(54)50-37-49-46-27-13-16-30-53(46)67(56(49)39-57(50)68)55-32-18-15-29-48(55)52-38-51(42-21-7-2-8-22-42)62-58(63-52)43-23-9-3-10-24-43/h1-39,46,53H. The lowest BCUT2D eigenvalue weighted by Gasteiger charge is -2.30. The van der Waals surface area contributed by atoms with Crippen LogP contribution < -0.4 is 4.90 Å². The molecule has 68 heavy (non-hydrogen) atoms. The van der Waals surface area contributed by atoms with Crippen molar-refractivity contribution >= 4 is 33.2 Å². The molecule has 1 aliphatic carbocycles. The molecule has 0 fully saturated rings. The van der Waals surface area contributed by atoms with Crippen LogP contribution in [0.25, 0.3) is 95.6 Å². The van der Waals surface area contributed by atoms with Crippen molar-refractivity contribution in [1.82, 2.24) is 29.5 Å². The second-order valence-corrected chi connectivity index (χ2v) is 17.2. The van der Waals surface area contributed by atoms with Gasteiger partial charge in [-0.1, -0.05) is 206 Å². The average Bonchev–Trinajstić information content (AvgIpc) is 3.92. The van der Waals surface area contributed by atoms with E-state index in [1.165, 1.54) is 5.56 Å². The van der Waals surface area contributed by atoms with Gasteiger partial charge in [0.15, 0.2) is 17.5 Å². The van der Waals surface area contributed by atoms with Crippen molar-refractivity contribution in [3.05, 3.63) is 242 Å². The largest absolute Gasteiger partial charge is 0.333 e. The van der Waals surface area contributed by atoms with Gasteiger partial charge < -0.3 is 4.90 Å². The predicted octanol–water partition coefficient (Wildman–Crippen LogP) is 14.5. The highest BCUT2D eigenvalue weighted by Gasteiger charge is 2.39. The monoisotopic (exact) mass is 871 g/mol. The van der Waals surface area contributed by atoms with Crippen LogP contribution in [-0.2, 0) is 0 Å². The van der Waals surface area contributed by atoms with Gasteiger partial charge in [0, 0.05) is 50.2 Å². The summed E-state index contributed by atoms with van der Waals surface area (Å²) in [6.07, 6.45) is 9.03. The Labute approximate surface area is 393 Å². The van der Waals surface area contributed by atoms with Crippen LogP contribution in [0.5, 0.6) is 0 Å². The second kappa shape index (κ2) is 16.4. The minimum atomic E-state index is 0.0266. The van der Waals surface area contributed by atoms with E-state index >= 15 is 0 Å². The fourth-order valence-corrected chi connectivity index (χ4v) is 10.0. The Kier molecular flexibility index (Phi) is 9.49. The summed E-state index contributed by atoms with van der Waals surface area (Å²) >= 11 is 0. The number of para-hydroxylation sites is 2. The molecule has 7 heteroatoms. The first-order valence-electron chi connectivity index (χ1n) is 23.0. The molecule has 0 saturated carbocycles. The fourth-order valence-electron chi connectivity index (χ4n) is 10.0. The lowest BCUT2D eigenvalue weighted by Crippen LogP contribution is -2.29. The van der Waals surface area contributed by atoms with Crippen LogP contribution in [0.3, 0.4) is 0 Å². The van der Waals surface area contributed by atoms with Gasteiger partial charge in [-0.25, -0.2) is 15.0 Å². The van der Waals surface area contributed by atoms with E-state index in [2.05, 4.69) is 198 Å². The number of aromatic nitrogens is 6. The van der Waals surface area contributed by atoms with E-state index in [1.807, 2.05) is 48.5 Å². The second-order valence-electron chi connectivity index (χ2n) is 17.2. The van der Waals surface area contributed by atoms with E-state index in [0.717, 1.165) is 83.5 Å². The molecule has 0 amide bonds. The van der Waals surface area contributed by atoms with E-state index in [-0.39, 0.29) is 12.0 Å². The van der Waals surface area contributed by atoms with Crippen molar-refractivity contribution in [2.24, 2.45) is 0 Å². The van der Waals surface area contributed by atoms with Crippen molar-refractivity contribution in [3.63, 3.8) is 0 Å². The van der Waals surface area contributed by atoms with Crippen molar-refractivity contribution in [1.29, 1.82) is 0 Å². The Morgan fingerprint density at radius 3 is 1.59 bits per heavy atom. The zero-order valence-corrected chi connectivity index (χ0v) is 36.8. The molecule has 0 radical (unpaired) electrons. The van der Waals surface area contributed by atoms with E-state index in [1.54, 1.807) is 0 Å². The maximum Gasteiger partial charge on any atom is 0.238 e. The van der Waals surface area contributed by atoms with Gasteiger partial charge in [0.2, 0.25) is 5.95 Å². The quantitative estimate of drug-likeness (QED) is 0.151. The van der Waals surface area contributed by atoms with Gasteiger partial charge in [-0.15, -0.1) is 0 Å². The number of anilines is 2. The van der Waals surface area contributed by atoms with Crippen LogP contribution in [0.2, 0.25) is 0 Å². The molecule has 2 atom stereocenters. The summed E-state index contributed by atoms with van der Waals surface area (Å²) in [5, 5.41) is 2.27. The topological polar surface area (TPSA) is 72.6 Å². The number of allylic oxidation sites excluding steroid dienone is 2. The van der Waals surface area contributed by atoms with E-state index < -0.39 is 0 Å². The lowest BCUT2D eigenvalue weighted by molar-refractivity contribution is 0.745. The smallest absolute Gasteiger partial charge is 0.238 e. The third-order valence-corrected chi connectivity index (χ3v) is 13.2. The zero-order chi connectivity index (χ0) is 45.0. The van der Waals surface area contributed by atoms with Gasteiger partial charge in [0.25, 0.3) is 0 Å². The first-order chi connectivity index (χ1) is 33.7. The van der Waals surface area contributed by atoms with Crippen molar-refractivity contribution in [3.8, 4) is 73.8 Å². The van der Waals surface area contributed by atoms with E-state index in [4.69, 9.17) is 24.9 Å². The Balaban J connectivity index is 1.01. The van der Waals surface area contributed by atoms with E-state index in [0.29, 0.717) is 23.4 Å². The van der Waals surface area contributed by atoms with Gasteiger partial charge in [-0.2, -0.15) is 9.97 Å². The minimum Gasteiger partial charge on any atom is -0.333 e. The van der Waals surface area contributed by atoms with Crippen molar-refractivity contribution in [2.75, 3.05) is 4.90 Å². The van der Waals surface area contributed by atoms with Crippen LogP contribution in [-0.4, -0.2) is 35.5 Å². The summed E-state index contributed by atoms with van der Waals surface area (Å²) < 4.78 is 2.22. The number of benzene rings is 8. The molecular weight excluding hydrogens is 831 g/mol. The number of fused-ring (bicyclic) bond motifs is 6. The average molecular weight is 872 g/mol. The Morgan fingerprint density at radius 1 is 0.353 bits per heavy atom. The number of hydrogen-bond donors (Lipinski definition) is 0. The maximum absolute atomic E-state index is 5.33. The van der Waals surface area contributed by atoms with Gasteiger partial charge >= 0.3 is 0 Å². The van der Waals surface area contributed by atoms with E-state index in [9.17, 15) is 0 Å². The number of nitrogens with zero attached hydrogens (tertiary/aromatic N) is 7. The van der Waals surface area contributed by atoms with Crippen LogP contribution in [0.4, 0.5) is 11.4 Å². The Hall–Kier alpha value is -9.07. The number of rotatable bonds is 8. The fraction of sp³-hybridized carbons (Fsp3) is 0.0328. The number of hydrogen-bond acceptors (Lipinski definition) is 6. The molecule has 11 aromatic rings. The molecule has 7 nitrogen and oxygen atoms in total. The summed E-state index contributed by atoms with van der Waals surface area (Å²) in [4.78, 5) is 28.7. The highest BCUT2D eigenvalue weighted by atomic mass is 15.2. The molecule has 0 spiro atoms. The molecule has 0 saturated heterocycles. The summed E-state index contributed by atoms with van der Waals surface area (Å²) in [5.74, 6) is 2.56. The third kappa shape index (κ3) is 6.79. The molecule has 3 aromatic heterocycles. The molecule has 4 heterocycles. The summed E-state index contributed by atoms with van der Waals surface area (Å²) in [5.41, 5.74) is 14.3. The first-order valence-corrected chi connectivity index (χ1v) is 23.0. The Bertz CT molecular complexity index is 3680. The van der Waals surface area contributed by atoms with Crippen molar-refractivity contribution in [2.45, 2.75) is 12.0 Å². The molecular formula is C61H41N7. The normalized spacial score (nSPS) is 14.9. The minimum absolute atomic E-state index is 0.0266. The highest BCUT2D eigenvalue weighted by molar-refractivity contribution is 6.11. The molecule has 2 aliphatic rings. The SMILES string of the molecule is C1=CC2c3cc4c5ccccc5n(-c5nc(-c6ccccc6)nc(-c6ccc(-c7ccccc7)cc6)n5)c4cc3N(c3ccccc3-c3cc(-c4ccccc4)nc(-c4ccccc4)n3)C2C=C1. The predicted molar refractivity (Wildman–Crippen MR) is 276 cm³/mol. The molecule has 0 N–H and O–H groups in total. The van der Waals surface area contributed by atoms with Crippen LogP contribution in [0.15, 0.2) is 237 Å². The lowest BCUT2D eigenvalue weighted by atomic mass is 9.90. The van der Waals surface area contributed by atoms with Crippen LogP contribution >= 0.6 is 0 Å². The van der Waals surface area contributed by atoms with Gasteiger partial charge in [0.1, 0.15) is 0 Å². The van der Waals surface area contributed by atoms with Crippen LogP contribution in [0, 0.1) is 0 Å².